The molecule has 10 rings (SSSR count). The number of oxazole rings is 1. The Labute approximate surface area is 317 Å². The molecular weight excluding hydrogens is 824 g/mol. The van der Waals surface area contributed by atoms with E-state index in [2.05, 4.69) is 113 Å². The first-order valence-corrected chi connectivity index (χ1v) is 17.4. The third-order valence-electron chi connectivity index (χ3n) is 10.3. The quantitative estimate of drug-likeness (QED) is 0.129. The second-order valence-electron chi connectivity index (χ2n) is 15.7. The van der Waals surface area contributed by atoms with Crippen molar-refractivity contribution in [1.82, 2.24) is 14.5 Å². The molecule has 8 heteroatoms. The molecule has 0 radical (unpaired) electrons. The molecule has 0 bridgehead atoms. The molecule has 0 atom stereocenters. The summed E-state index contributed by atoms with van der Waals surface area (Å²) in [6.45, 7) is 13.1. The molecule has 256 valence electrons. The summed E-state index contributed by atoms with van der Waals surface area (Å²) in [7, 11) is 0. The van der Waals surface area contributed by atoms with Crippen LogP contribution in [-0.2, 0) is 31.9 Å². The van der Waals surface area contributed by atoms with Gasteiger partial charge in [0.1, 0.15) is 28.8 Å². The average molecular weight is 859 g/mol. The molecule has 8 aromatic rings. The Bertz CT molecular complexity index is 2720. The molecule has 52 heavy (non-hydrogen) atoms. The van der Waals surface area contributed by atoms with Crippen LogP contribution < -0.4 is 25.9 Å². The summed E-state index contributed by atoms with van der Waals surface area (Å²) in [4.78, 5) is 9.70. The zero-order chi connectivity index (χ0) is 34.8. The number of hydrogen-bond donors (Lipinski definition) is 0. The summed E-state index contributed by atoms with van der Waals surface area (Å²) in [6.07, 6.45) is 1.91. The van der Waals surface area contributed by atoms with Gasteiger partial charge in [-0.25, -0.2) is 4.98 Å². The molecule has 0 saturated heterocycles. The SMILES string of the molecule is CC(C)(C)c1ccnc(-n2c3[c-]c4c(cc3c3ccccc32)Oc2cc(C(C)(C)C)cc3c2B4c2[c-]c(-c4nc5ccccc5o4)ccc2O3)c1.[Pt+2]. The van der Waals surface area contributed by atoms with Crippen molar-refractivity contribution < 1.29 is 35.0 Å². The number of aromatic nitrogens is 3. The van der Waals surface area contributed by atoms with Crippen LogP contribution in [0.25, 0.3) is 50.2 Å². The molecule has 0 saturated carbocycles. The summed E-state index contributed by atoms with van der Waals surface area (Å²) in [5, 5.41) is 2.17. The molecule has 0 N–H and O–H groups in total. The van der Waals surface area contributed by atoms with Crippen molar-refractivity contribution in [3.8, 4) is 40.3 Å². The van der Waals surface area contributed by atoms with Crippen molar-refractivity contribution in [3.63, 3.8) is 0 Å². The van der Waals surface area contributed by atoms with E-state index in [1.807, 2.05) is 42.6 Å². The van der Waals surface area contributed by atoms with E-state index in [0.29, 0.717) is 5.89 Å². The van der Waals surface area contributed by atoms with Crippen LogP contribution in [0.3, 0.4) is 0 Å². The number of rotatable bonds is 2. The van der Waals surface area contributed by atoms with Gasteiger partial charge < -0.3 is 18.5 Å². The van der Waals surface area contributed by atoms with Gasteiger partial charge in [0.05, 0.1) is 5.52 Å². The topological polar surface area (TPSA) is 62.3 Å². The van der Waals surface area contributed by atoms with Crippen molar-refractivity contribution >= 4 is 56.0 Å². The molecule has 5 aromatic carbocycles. The third kappa shape index (κ3) is 4.97. The van der Waals surface area contributed by atoms with E-state index in [-0.39, 0.29) is 38.6 Å². The number of nitrogens with zero attached hydrogens (tertiary/aromatic N) is 3. The minimum atomic E-state index is -0.259. The predicted octanol–water partition coefficient (Wildman–Crippen LogP) is 8.91. The summed E-state index contributed by atoms with van der Waals surface area (Å²) in [6, 6.07) is 38.7. The number of ether oxygens (including phenoxy) is 2. The van der Waals surface area contributed by atoms with E-state index >= 15 is 0 Å². The van der Waals surface area contributed by atoms with Gasteiger partial charge in [-0.3, -0.25) is 4.98 Å². The number of fused-ring (bicyclic) bond motifs is 8. The van der Waals surface area contributed by atoms with Crippen LogP contribution in [0.2, 0.25) is 0 Å². The molecule has 0 aliphatic carbocycles. The fraction of sp³-hybridized carbons (Fsp3) is 0.182. The van der Waals surface area contributed by atoms with Crippen LogP contribution in [0.15, 0.2) is 102 Å². The number of benzene rings is 5. The van der Waals surface area contributed by atoms with E-state index in [9.17, 15) is 0 Å². The van der Waals surface area contributed by atoms with Gasteiger partial charge in [0, 0.05) is 28.7 Å². The summed E-state index contributed by atoms with van der Waals surface area (Å²) >= 11 is 0. The number of hydrogen-bond acceptors (Lipinski definition) is 5. The van der Waals surface area contributed by atoms with Crippen molar-refractivity contribution in [1.29, 1.82) is 0 Å². The van der Waals surface area contributed by atoms with Crippen molar-refractivity contribution in [3.05, 3.63) is 120 Å². The Balaban J connectivity index is 0.00000360. The average Bonchev–Trinajstić information content (AvgIpc) is 3.69. The van der Waals surface area contributed by atoms with Crippen LogP contribution >= 0.6 is 0 Å². The van der Waals surface area contributed by atoms with Gasteiger partial charge in [0.15, 0.2) is 0 Å². The first kappa shape index (κ1) is 32.8. The summed E-state index contributed by atoms with van der Waals surface area (Å²) in [5.41, 5.74) is 9.30. The monoisotopic (exact) mass is 858 g/mol. The van der Waals surface area contributed by atoms with Gasteiger partial charge in [0.25, 0.3) is 0 Å². The Hall–Kier alpha value is -5.13. The van der Waals surface area contributed by atoms with Gasteiger partial charge in [-0.2, -0.15) is 6.07 Å². The van der Waals surface area contributed by atoms with Crippen LogP contribution in [0, 0.1) is 12.1 Å². The Morgan fingerprint density at radius 3 is 2.15 bits per heavy atom. The van der Waals surface area contributed by atoms with E-state index < -0.39 is 0 Å². The summed E-state index contributed by atoms with van der Waals surface area (Å²) in [5.74, 6) is 4.46. The van der Waals surface area contributed by atoms with Gasteiger partial charge >= 0.3 is 21.1 Å². The number of para-hydroxylation sites is 3. The van der Waals surface area contributed by atoms with E-state index in [1.54, 1.807) is 0 Å². The molecule has 2 aliphatic rings. The molecule has 0 fully saturated rings. The van der Waals surface area contributed by atoms with Gasteiger partial charge in [-0.15, -0.1) is 35.2 Å². The maximum atomic E-state index is 6.88. The standard InChI is InChI=1S/C44H34BN3O3.Pt/c1-43(2,3)26-17-18-46-40(22-26)48-33-13-9-7-11-28(33)29-23-37-31(24-34(29)48)45-30-19-25(42-47-32-12-8-10-14-36(32)51-42)15-16-35(30)49-38-20-27(44(4,5)6)21-39(50-37)41(38)45;/h7-18,20-23H,1-6H3;/q-2;+2. The second-order valence-corrected chi connectivity index (χ2v) is 15.7. The normalized spacial score (nSPS) is 13.3. The summed E-state index contributed by atoms with van der Waals surface area (Å²) < 4.78 is 22.0. The maximum Gasteiger partial charge on any atom is 2.00 e. The maximum absolute atomic E-state index is 6.88. The Kier molecular flexibility index (Phi) is 7.20. The van der Waals surface area contributed by atoms with E-state index in [1.165, 1.54) is 5.56 Å². The molecule has 0 amide bonds. The zero-order valence-electron chi connectivity index (χ0n) is 29.7. The fourth-order valence-corrected chi connectivity index (χ4v) is 7.55. The zero-order valence-corrected chi connectivity index (χ0v) is 32.0. The molecule has 0 spiro atoms. The van der Waals surface area contributed by atoms with Crippen molar-refractivity contribution in [2.24, 2.45) is 0 Å². The van der Waals surface area contributed by atoms with E-state index in [0.717, 1.165) is 89.2 Å². The molecule has 5 heterocycles. The van der Waals surface area contributed by atoms with Gasteiger partial charge in [-0.05, 0) is 69.8 Å². The largest absolute Gasteiger partial charge is 2.00 e. The van der Waals surface area contributed by atoms with Crippen LogP contribution in [0.5, 0.6) is 23.0 Å². The second kappa shape index (κ2) is 11.4. The molecule has 6 nitrogen and oxygen atoms in total. The van der Waals surface area contributed by atoms with E-state index in [4.69, 9.17) is 23.9 Å². The molecule has 2 aliphatic heterocycles. The van der Waals surface area contributed by atoms with Crippen molar-refractivity contribution in [2.75, 3.05) is 0 Å². The van der Waals surface area contributed by atoms with Gasteiger partial charge in [0.2, 0.25) is 6.71 Å². The fourth-order valence-electron chi connectivity index (χ4n) is 7.55. The molecular formula is C44H34BN3O3Pt. The first-order chi connectivity index (χ1) is 24.5. The molecule has 0 unspecified atom stereocenters. The van der Waals surface area contributed by atoms with Crippen LogP contribution in [0.1, 0.15) is 52.7 Å². The Morgan fingerprint density at radius 2 is 1.38 bits per heavy atom. The first-order valence-electron chi connectivity index (χ1n) is 17.4. The minimum absolute atomic E-state index is 0. The van der Waals surface area contributed by atoms with Crippen molar-refractivity contribution in [2.45, 2.75) is 52.4 Å². The number of pyridine rings is 1. The smallest absolute Gasteiger partial charge is 0.518 e. The molecule has 3 aromatic heterocycles. The predicted molar refractivity (Wildman–Crippen MR) is 204 cm³/mol. The van der Waals surface area contributed by atoms with Crippen LogP contribution in [0.4, 0.5) is 0 Å². The Morgan fingerprint density at radius 1 is 0.673 bits per heavy atom. The van der Waals surface area contributed by atoms with Crippen LogP contribution in [-0.4, -0.2) is 21.2 Å². The van der Waals surface area contributed by atoms with Gasteiger partial charge in [-0.1, -0.05) is 88.3 Å². The third-order valence-corrected chi connectivity index (χ3v) is 10.3. The minimum Gasteiger partial charge on any atom is -0.518 e.